The van der Waals surface area contributed by atoms with E-state index in [9.17, 15) is 4.79 Å². The molecular formula is C13H27N3O. The van der Waals surface area contributed by atoms with E-state index in [4.69, 9.17) is 5.73 Å². The lowest BCUT2D eigenvalue weighted by atomic mass is 9.96. The molecule has 3 N–H and O–H groups in total. The summed E-state index contributed by atoms with van der Waals surface area (Å²) in [6.45, 7) is 10.4. The van der Waals surface area contributed by atoms with E-state index in [1.165, 1.54) is 0 Å². The zero-order valence-electron chi connectivity index (χ0n) is 11.6. The van der Waals surface area contributed by atoms with E-state index in [1.54, 1.807) is 0 Å². The summed E-state index contributed by atoms with van der Waals surface area (Å²) in [5.74, 6) is -0.193. The number of carbonyl (C=O) groups excluding carboxylic acids is 1. The fourth-order valence-corrected chi connectivity index (χ4v) is 3.16. The van der Waals surface area contributed by atoms with Crippen LogP contribution >= 0.6 is 0 Å². The molecule has 1 fully saturated rings. The summed E-state index contributed by atoms with van der Waals surface area (Å²) in [6, 6.07) is 1.00. The van der Waals surface area contributed by atoms with Gasteiger partial charge in [0.25, 0.3) is 0 Å². The van der Waals surface area contributed by atoms with E-state index in [0.717, 1.165) is 32.4 Å². The number of primary amides is 1. The molecule has 0 aromatic rings. The van der Waals surface area contributed by atoms with Crippen molar-refractivity contribution in [1.82, 2.24) is 10.2 Å². The number of rotatable bonds is 6. The van der Waals surface area contributed by atoms with Gasteiger partial charge in [-0.3, -0.25) is 9.69 Å². The third kappa shape index (κ3) is 2.99. The van der Waals surface area contributed by atoms with Gasteiger partial charge in [0, 0.05) is 12.1 Å². The first kappa shape index (κ1) is 14.5. The SMILES string of the molecule is CCNC1(C(N)=O)CCC(N(CC)C(C)C)C1. The number of nitrogens with zero attached hydrogens (tertiary/aromatic N) is 1. The molecule has 1 rings (SSSR count). The predicted molar refractivity (Wildman–Crippen MR) is 70.8 cm³/mol. The van der Waals surface area contributed by atoms with Crippen molar-refractivity contribution >= 4 is 5.91 Å². The lowest BCUT2D eigenvalue weighted by Gasteiger charge is -2.33. The predicted octanol–water partition coefficient (Wildman–Crippen LogP) is 1.10. The van der Waals surface area contributed by atoms with Crippen LogP contribution in [0.5, 0.6) is 0 Å². The van der Waals surface area contributed by atoms with E-state index < -0.39 is 5.54 Å². The Morgan fingerprint density at radius 1 is 1.53 bits per heavy atom. The third-order valence-corrected chi connectivity index (χ3v) is 3.97. The minimum absolute atomic E-state index is 0.193. The Balaban J connectivity index is 2.75. The lowest BCUT2D eigenvalue weighted by Crippen LogP contribution is -2.54. The number of nitrogens with two attached hydrogens (primary N) is 1. The molecular weight excluding hydrogens is 214 g/mol. The van der Waals surface area contributed by atoms with E-state index in [-0.39, 0.29) is 5.91 Å². The Kier molecular flexibility index (Phi) is 4.95. The summed E-state index contributed by atoms with van der Waals surface area (Å²) in [7, 11) is 0. The highest BCUT2D eigenvalue weighted by atomic mass is 16.1. The number of nitrogens with one attached hydrogen (secondary N) is 1. The molecule has 17 heavy (non-hydrogen) atoms. The highest BCUT2D eigenvalue weighted by Crippen LogP contribution is 2.33. The van der Waals surface area contributed by atoms with Gasteiger partial charge in [-0.2, -0.15) is 0 Å². The van der Waals surface area contributed by atoms with Crippen molar-refractivity contribution in [3.05, 3.63) is 0 Å². The van der Waals surface area contributed by atoms with E-state index in [1.807, 2.05) is 6.92 Å². The molecule has 0 aromatic carbocycles. The van der Waals surface area contributed by atoms with Crippen LogP contribution in [-0.4, -0.2) is 41.5 Å². The van der Waals surface area contributed by atoms with Crippen LogP contribution in [0.15, 0.2) is 0 Å². The average Bonchev–Trinajstić information content (AvgIpc) is 2.64. The van der Waals surface area contributed by atoms with Gasteiger partial charge in [0.05, 0.1) is 5.54 Å². The normalized spacial score (nSPS) is 29.2. The van der Waals surface area contributed by atoms with Gasteiger partial charge in [-0.15, -0.1) is 0 Å². The second-order valence-corrected chi connectivity index (χ2v) is 5.30. The van der Waals surface area contributed by atoms with Gasteiger partial charge in [-0.05, 0) is 46.2 Å². The molecule has 0 heterocycles. The van der Waals surface area contributed by atoms with Crippen LogP contribution in [-0.2, 0) is 4.79 Å². The minimum atomic E-state index is -0.471. The second kappa shape index (κ2) is 5.83. The monoisotopic (exact) mass is 241 g/mol. The largest absolute Gasteiger partial charge is 0.368 e. The minimum Gasteiger partial charge on any atom is -0.368 e. The molecule has 0 saturated heterocycles. The summed E-state index contributed by atoms with van der Waals surface area (Å²) in [4.78, 5) is 14.1. The quantitative estimate of drug-likeness (QED) is 0.732. The Bertz CT molecular complexity index is 267. The van der Waals surface area contributed by atoms with Crippen LogP contribution in [0.3, 0.4) is 0 Å². The van der Waals surface area contributed by atoms with Crippen LogP contribution in [0.25, 0.3) is 0 Å². The van der Waals surface area contributed by atoms with Crippen LogP contribution in [0.4, 0.5) is 0 Å². The number of hydrogen-bond acceptors (Lipinski definition) is 3. The Labute approximate surface area is 105 Å². The van der Waals surface area contributed by atoms with Gasteiger partial charge in [0.1, 0.15) is 0 Å². The van der Waals surface area contributed by atoms with Crippen molar-refractivity contribution in [2.45, 2.75) is 64.6 Å². The zero-order valence-corrected chi connectivity index (χ0v) is 11.6. The molecule has 100 valence electrons. The van der Waals surface area contributed by atoms with Crippen LogP contribution in [0.1, 0.15) is 47.0 Å². The molecule has 4 nitrogen and oxygen atoms in total. The number of amides is 1. The maximum Gasteiger partial charge on any atom is 0.237 e. The summed E-state index contributed by atoms with van der Waals surface area (Å²) in [6.07, 6.45) is 2.77. The average molecular weight is 241 g/mol. The molecule has 4 heteroatoms. The Morgan fingerprint density at radius 2 is 2.18 bits per heavy atom. The maximum atomic E-state index is 11.7. The van der Waals surface area contributed by atoms with E-state index in [0.29, 0.717) is 12.1 Å². The molecule has 0 bridgehead atoms. The summed E-state index contributed by atoms with van der Waals surface area (Å²) in [5, 5.41) is 3.30. The van der Waals surface area contributed by atoms with Crippen molar-refractivity contribution in [3.63, 3.8) is 0 Å². The van der Waals surface area contributed by atoms with Crippen LogP contribution in [0.2, 0.25) is 0 Å². The molecule has 2 unspecified atom stereocenters. The molecule has 1 amide bonds. The molecule has 0 radical (unpaired) electrons. The van der Waals surface area contributed by atoms with Gasteiger partial charge in [-0.1, -0.05) is 13.8 Å². The standard InChI is InChI=1S/C13H27N3O/c1-5-15-13(12(14)17)8-7-11(9-13)16(6-2)10(3)4/h10-11,15H,5-9H2,1-4H3,(H2,14,17). The topological polar surface area (TPSA) is 58.4 Å². The highest BCUT2D eigenvalue weighted by molar-refractivity contribution is 5.85. The molecule has 0 aliphatic heterocycles. The van der Waals surface area contributed by atoms with Gasteiger partial charge in [-0.25, -0.2) is 0 Å². The number of likely N-dealkylation sites (N-methyl/N-ethyl adjacent to an activating group) is 1. The third-order valence-electron chi connectivity index (χ3n) is 3.97. The van der Waals surface area contributed by atoms with E-state index in [2.05, 4.69) is 31.0 Å². The molecule has 0 aromatic heterocycles. The van der Waals surface area contributed by atoms with Crippen LogP contribution in [0, 0.1) is 0 Å². The van der Waals surface area contributed by atoms with Gasteiger partial charge in [0.15, 0.2) is 0 Å². The van der Waals surface area contributed by atoms with Crippen molar-refractivity contribution in [2.24, 2.45) is 5.73 Å². The van der Waals surface area contributed by atoms with Crippen molar-refractivity contribution in [1.29, 1.82) is 0 Å². The lowest BCUT2D eigenvalue weighted by molar-refractivity contribution is -0.124. The van der Waals surface area contributed by atoms with Gasteiger partial charge >= 0.3 is 0 Å². The molecule has 1 aliphatic carbocycles. The first-order chi connectivity index (χ1) is 7.96. The summed E-state index contributed by atoms with van der Waals surface area (Å²) >= 11 is 0. The fourth-order valence-electron chi connectivity index (χ4n) is 3.16. The first-order valence-corrected chi connectivity index (χ1v) is 6.77. The first-order valence-electron chi connectivity index (χ1n) is 6.77. The summed E-state index contributed by atoms with van der Waals surface area (Å²) in [5.41, 5.74) is 5.11. The molecule has 0 spiro atoms. The Morgan fingerprint density at radius 3 is 2.59 bits per heavy atom. The Hall–Kier alpha value is -0.610. The summed E-state index contributed by atoms with van der Waals surface area (Å²) < 4.78 is 0. The zero-order chi connectivity index (χ0) is 13.1. The highest BCUT2D eigenvalue weighted by Gasteiger charge is 2.45. The van der Waals surface area contributed by atoms with Crippen molar-refractivity contribution < 1.29 is 4.79 Å². The smallest absolute Gasteiger partial charge is 0.237 e. The molecule has 1 aliphatic rings. The fraction of sp³-hybridized carbons (Fsp3) is 0.923. The van der Waals surface area contributed by atoms with Crippen molar-refractivity contribution in [3.8, 4) is 0 Å². The second-order valence-electron chi connectivity index (χ2n) is 5.30. The maximum absolute atomic E-state index is 11.7. The van der Waals surface area contributed by atoms with Crippen LogP contribution < -0.4 is 11.1 Å². The number of carbonyl (C=O) groups is 1. The molecule has 1 saturated carbocycles. The van der Waals surface area contributed by atoms with Gasteiger partial charge in [0.2, 0.25) is 5.91 Å². The van der Waals surface area contributed by atoms with E-state index >= 15 is 0 Å². The van der Waals surface area contributed by atoms with Gasteiger partial charge < -0.3 is 11.1 Å². The number of hydrogen-bond donors (Lipinski definition) is 2. The van der Waals surface area contributed by atoms with Crippen molar-refractivity contribution in [2.75, 3.05) is 13.1 Å². The molecule has 2 atom stereocenters.